The Bertz CT molecular complexity index is 4250. The van der Waals surface area contributed by atoms with Crippen LogP contribution in [-0.4, -0.2) is 124 Å². The molecule has 5 heterocycles. The lowest BCUT2D eigenvalue weighted by atomic mass is 9.97. The van der Waals surface area contributed by atoms with E-state index in [-0.39, 0.29) is 75.3 Å². The number of amides is 5. The zero-order valence-corrected chi connectivity index (χ0v) is 48.4. The van der Waals surface area contributed by atoms with Crippen LogP contribution in [0.15, 0.2) is 85.2 Å². The van der Waals surface area contributed by atoms with E-state index in [0.29, 0.717) is 68.7 Å². The van der Waals surface area contributed by atoms with Gasteiger partial charge in [-0.05, 0) is 141 Å². The predicted octanol–water partition coefficient (Wildman–Crippen LogP) is 7.15. The Labute approximate surface area is 503 Å². The number of hydrogen-bond acceptors (Lipinski definition) is 14. The van der Waals surface area contributed by atoms with Crippen LogP contribution >= 0.6 is 0 Å². The molecule has 460 valence electrons. The zero-order chi connectivity index (χ0) is 63.7. The van der Waals surface area contributed by atoms with Gasteiger partial charge in [-0.2, -0.15) is 10.2 Å². The van der Waals surface area contributed by atoms with Gasteiger partial charge < -0.3 is 45.9 Å². The number of carboxylic acid groups (broad SMARTS) is 2. The Hall–Kier alpha value is -10.4. The van der Waals surface area contributed by atoms with Crippen LogP contribution in [0.5, 0.6) is 0 Å². The van der Waals surface area contributed by atoms with E-state index < -0.39 is 82.5 Å². The van der Waals surface area contributed by atoms with Crippen LogP contribution in [0.3, 0.4) is 0 Å². The number of halogens is 4. The number of rotatable bonds is 14. The van der Waals surface area contributed by atoms with Crippen molar-refractivity contribution in [2.45, 2.75) is 91.1 Å². The van der Waals surface area contributed by atoms with Crippen molar-refractivity contribution in [3.8, 4) is 0 Å². The molecule has 0 spiro atoms. The second kappa shape index (κ2) is 25.1. The van der Waals surface area contributed by atoms with Crippen LogP contribution in [0, 0.1) is 37.1 Å². The van der Waals surface area contributed by atoms with E-state index in [0.717, 1.165) is 62.8 Å². The van der Waals surface area contributed by atoms with Gasteiger partial charge in [0, 0.05) is 38.3 Å². The molecule has 1 aliphatic heterocycles. The highest BCUT2D eigenvalue weighted by Crippen LogP contribution is 2.37. The van der Waals surface area contributed by atoms with Crippen molar-refractivity contribution in [3.63, 3.8) is 0 Å². The van der Waals surface area contributed by atoms with Gasteiger partial charge in [-0.1, -0.05) is 24.3 Å². The lowest BCUT2D eigenvalue weighted by molar-refractivity contribution is 0.00674. The second-order valence-electron chi connectivity index (χ2n) is 22.3. The second-order valence-corrected chi connectivity index (χ2v) is 22.3. The summed E-state index contributed by atoms with van der Waals surface area (Å²) >= 11 is 0. The third-order valence-electron chi connectivity index (χ3n) is 15.4. The van der Waals surface area contributed by atoms with Gasteiger partial charge in [-0.15, -0.1) is 0 Å². The van der Waals surface area contributed by atoms with Crippen LogP contribution in [0.1, 0.15) is 174 Å². The number of nitrogens with zero attached hydrogens (tertiary/aromatic N) is 7. The monoisotopic (exact) mass is 1220 g/mol. The van der Waals surface area contributed by atoms with Crippen LogP contribution in [0.4, 0.5) is 17.6 Å². The molecule has 4 aromatic heterocycles. The molecule has 89 heavy (non-hydrogen) atoms. The highest BCUT2D eigenvalue weighted by Gasteiger charge is 2.33. The lowest BCUT2D eigenvalue weighted by Gasteiger charge is -2.26. The van der Waals surface area contributed by atoms with Crippen molar-refractivity contribution in [1.29, 1.82) is 0 Å². The molecular formula is C62H57F4N11O12. The summed E-state index contributed by atoms with van der Waals surface area (Å²) in [4.78, 5) is 113. The predicted molar refractivity (Wildman–Crippen MR) is 306 cm³/mol. The summed E-state index contributed by atoms with van der Waals surface area (Å²) in [5.41, 5.74) is 4.20. The van der Waals surface area contributed by atoms with Crippen molar-refractivity contribution >= 4 is 58.7 Å². The number of ether oxygens (including phenoxy) is 2. The summed E-state index contributed by atoms with van der Waals surface area (Å²) in [6.45, 7) is 10.0. The number of fused-ring (bicyclic) bond motifs is 4. The number of hydrogen-bond donors (Lipinski definition) is 6. The fraction of sp³-hybridized carbons (Fsp3) is 0.290. The number of carbonyl (C=O) groups is 8. The minimum Gasteiger partial charge on any atom is -0.478 e. The maximum absolute atomic E-state index is 13.8. The molecule has 0 radical (unpaired) electrons. The number of benzene rings is 4. The highest BCUT2D eigenvalue weighted by molar-refractivity contribution is 6.04. The summed E-state index contributed by atoms with van der Waals surface area (Å²) in [5, 5.41) is 38.4. The van der Waals surface area contributed by atoms with Crippen LogP contribution in [0.25, 0.3) is 11.3 Å². The van der Waals surface area contributed by atoms with Crippen LogP contribution in [-0.2, 0) is 35.4 Å². The molecule has 0 bridgehead atoms. The van der Waals surface area contributed by atoms with Crippen molar-refractivity contribution < 1.29 is 75.6 Å². The van der Waals surface area contributed by atoms with E-state index in [9.17, 15) is 66.1 Å². The molecule has 11 rings (SSSR count). The summed E-state index contributed by atoms with van der Waals surface area (Å²) in [6, 6.07) is 14.6. The highest BCUT2D eigenvalue weighted by atomic mass is 19.2. The SMILES string of the molecule is Cc1c(C(=O)O)ccc2c1CC[C@@H]2NC(=O)c1cc(C(=O)NCc2ccc(F)c(F)c2)nc2c(C(=O)N3CCOCC3)cnn12.Cc1c(C(=O)OC(C)(C)C)ccc2c1CC[C@@H]2NC(=O)c1cc(C(=O)NCc2ccc(F)c(F)c2)nc2c(C(=O)O)cnn12. The molecule has 5 amide bonds. The quantitative estimate of drug-likeness (QED) is 0.0465. The molecule has 23 nitrogen and oxygen atoms in total. The van der Waals surface area contributed by atoms with E-state index in [1.165, 1.54) is 41.0 Å². The van der Waals surface area contributed by atoms with Crippen molar-refractivity contribution in [1.82, 2.24) is 55.4 Å². The fourth-order valence-electron chi connectivity index (χ4n) is 10.9. The average molecular weight is 1220 g/mol. The van der Waals surface area contributed by atoms with Gasteiger partial charge in [0.1, 0.15) is 39.5 Å². The molecule has 27 heteroatoms. The Balaban J connectivity index is 0.000000196. The molecule has 6 N–H and O–H groups in total. The minimum absolute atomic E-state index is 0.00844. The first-order chi connectivity index (χ1) is 42.3. The van der Waals surface area contributed by atoms with Gasteiger partial charge in [-0.3, -0.25) is 24.0 Å². The largest absolute Gasteiger partial charge is 0.478 e. The van der Waals surface area contributed by atoms with Crippen molar-refractivity contribution in [2.24, 2.45) is 0 Å². The number of aromatic carboxylic acids is 2. The summed E-state index contributed by atoms with van der Waals surface area (Å²) in [6.07, 6.45) is 4.54. The normalized spacial score (nSPS) is 15.1. The Morgan fingerprint density at radius 2 is 1.03 bits per heavy atom. The Kier molecular flexibility index (Phi) is 17.4. The fourth-order valence-corrected chi connectivity index (χ4v) is 10.9. The number of carbonyl (C=O) groups excluding carboxylic acids is 6. The molecule has 4 aromatic carbocycles. The first-order valence-corrected chi connectivity index (χ1v) is 28.0. The first kappa shape index (κ1) is 61.6. The smallest absolute Gasteiger partial charge is 0.341 e. The molecule has 1 saturated heterocycles. The molecule has 8 aromatic rings. The molecular weight excluding hydrogens is 1170 g/mol. The van der Waals surface area contributed by atoms with Gasteiger partial charge in [0.05, 0.1) is 48.8 Å². The summed E-state index contributed by atoms with van der Waals surface area (Å²) in [5.74, 6) is -10.1. The summed E-state index contributed by atoms with van der Waals surface area (Å²) in [7, 11) is 0. The summed E-state index contributed by atoms with van der Waals surface area (Å²) < 4.78 is 67.0. The van der Waals surface area contributed by atoms with Crippen molar-refractivity contribution in [3.05, 3.63) is 198 Å². The number of aromatic nitrogens is 6. The van der Waals surface area contributed by atoms with E-state index in [4.69, 9.17) is 9.47 Å². The topological polar surface area (TPSA) is 307 Å². The molecule has 0 saturated carbocycles. The van der Waals surface area contributed by atoms with E-state index >= 15 is 0 Å². The standard InChI is InChI=1S/C31H28F2N6O6.C31H29F2N5O6/c1-16-18-5-7-24(20(18)4-3-19(16)31(43)44)37-29(41)26-13-25(28(40)34-14-17-2-6-22(32)23(33)12-17)36-27-21(15-35-39(26)27)30(42)38-8-10-45-11-9-38;1-15-17-8-10-23(19(17)7-6-18(15)30(43)44-31(2,3)4)37-28(40)25-12-24(36-26-20(29(41)42)14-35-38(25)26)27(39)34-13-16-5-9-21(32)22(33)11-16/h2-4,6,12-13,15,24H,5,7-11,14H2,1H3,(H,34,40)(H,37,41)(H,43,44);5-7,9,11-12,14,23H,8,10,13H2,1-4H3,(H,34,39)(H,37,40)(H,41,42)/t24-;23-/m00/s1. The molecule has 3 aliphatic rings. The lowest BCUT2D eigenvalue weighted by Crippen LogP contribution is -2.40. The number of carboxylic acids is 2. The maximum atomic E-state index is 13.8. The van der Waals surface area contributed by atoms with E-state index in [1.807, 2.05) is 6.92 Å². The maximum Gasteiger partial charge on any atom is 0.341 e. The van der Waals surface area contributed by atoms with E-state index in [2.05, 4.69) is 41.4 Å². The Morgan fingerprint density at radius 1 is 0.584 bits per heavy atom. The minimum atomic E-state index is -1.36. The number of morpholine rings is 1. The van der Waals surface area contributed by atoms with Crippen LogP contribution in [0.2, 0.25) is 0 Å². The van der Waals surface area contributed by atoms with Gasteiger partial charge in [0.2, 0.25) is 0 Å². The third kappa shape index (κ3) is 13.0. The van der Waals surface area contributed by atoms with Gasteiger partial charge in [0.15, 0.2) is 34.6 Å². The van der Waals surface area contributed by atoms with Gasteiger partial charge >= 0.3 is 17.9 Å². The molecule has 2 aliphatic carbocycles. The molecule has 1 fully saturated rings. The van der Waals surface area contributed by atoms with E-state index in [1.54, 1.807) is 50.8 Å². The Morgan fingerprint density at radius 3 is 1.49 bits per heavy atom. The average Bonchev–Trinajstić information content (AvgIpc) is 1.80. The van der Waals surface area contributed by atoms with Gasteiger partial charge in [0.25, 0.3) is 29.5 Å². The van der Waals surface area contributed by atoms with Crippen LogP contribution < -0.4 is 21.3 Å². The molecule has 0 unspecified atom stereocenters. The molecule has 2 atom stereocenters. The third-order valence-corrected chi connectivity index (χ3v) is 15.4. The number of esters is 1. The van der Waals surface area contributed by atoms with Crippen molar-refractivity contribution in [2.75, 3.05) is 26.3 Å². The zero-order valence-electron chi connectivity index (χ0n) is 48.4. The van der Waals surface area contributed by atoms with Gasteiger partial charge in [-0.25, -0.2) is 50.9 Å². The number of nitrogens with one attached hydrogen (secondary N) is 4. The first-order valence-electron chi connectivity index (χ1n) is 28.0.